The van der Waals surface area contributed by atoms with Gasteiger partial charge in [-0.05, 0) is 47.5 Å². The number of para-hydroxylation sites is 1. The summed E-state index contributed by atoms with van der Waals surface area (Å²) in [7, 11) is 0. The highest BCUT2D eigenvalue weighted by Crippen LogP contribution is 2.39. The molecular weight excluding hydrogens is 444 g/mol. The third kappa shape index (κ3) is 5.64. The van der Waals surface area contributed by atoms with E-state index in [4.69, 9.17) is 16.3 Å². The van der Waals surface area contributed by atoms with Gasteiger partial charge in [-0.25, -0.2) is 0 Å². The van der Waals surface area contributed by atoms with E-state index < -0.39 is 0 Å². The second kappa shape index (κ2) is 10.6. The molecule has 1 saturated heterocycles. The van der Waals surface area contributed by atoms with Gasteiger partial charge in [-0.2, -0.15) is 0 Å². The first-order valence-electron chi connectivity index (χ1n) is 10.3. The fraction of sp³-hybridized carbons (Fsp3) is 0.200. The minimum absolute atomic E-state index is 0.0745. The standard InChI is InChI=1S/C25H23ClN2O3S/c26-21-12-6-18(7-13-21)16-28-23(29)17-32-25(28)20-10-8-19(9-11-20)24(30)27-14-15-31-22-4-2-1-3-5-22/h1-13,25H,14-17H2,(H,27,30)/t25-/m0/s1. The SMILES string of the molecule is O=C(NCCOc1ccccc1)c1ccc([C@@H]2SCC(=O)N2Cc2ccc(Cl)cc2)cc1. The zero-order valence-electron chi connectivity index (χ0n) is 17.4. The zero-order chi connectivity index (χ0) is 22.3. The van der Waals surface area contributed by atoms with Crippen LogP contribution in [0.4, 0.5) is 0 Å². The lowest BCUT2D eigenvalue weighted by atomic mass is 10.1. The summed E-state index contributed by atoms with van der Waals surface area (Å²) in [6, 6.07) is 24.5. The van der Waals surface area contributed by atoms with E-state index in [1.807, 2.05) is 71.6 Å². The molecule has 0 bridgehead atoms. The Labute approximate surface area is 196 Å². The van der Waals surface area contributed by atoms with Crippen LogP contribution in [0, 0.1) is 0 Å². The van der Waals surface area contributed by atoms with Gasteiger partial charge in [-0.15, -0.1) is 11.8 Å². The Morgan fingerprint density at radius 1 is 1.03 bits per heavy atom. The van der Waals surface area contributed by atoms with Crippen molar-refractivity contribution in [3.8, 4) is 5.75 Å². The molecule has 1 aliphatic heterocycles. The summed E-state index contributed by atoms with van der Waals surface area (Å²) in [4.78, 5) is 26.7. The number of nitrogens with one attached hydrogen (secondary N) is 1. The topological polar surface area (TPSA) is 58.6 Å². The number of benzene rings is 3. The number of rotatable bonds is 8. The largest absolute Gasteiger partial charge is 0.492 e. The molecule has 1 N–H and O–H groups in total. The molecule has 0 radical (unpaired) electrons. The highest BCUT2D eigenvalue weighted by molar-refractivity contribution is 8.00. The third-order valence-electron chi connectivity index (χ3n) is 5.09. The third-order valence-corrected chi connectivity index (χ3v) is 6.60. The Hall–Kier alpha value is -2.96. The summed E-state index contributed by atoms with van der Waals surface area (Å²) >= 11 is 7.56. The minimum Gasteiger partial charge on any atom is -0.492 e. The Balaban J connectivity index is 1.33. The molecule has 4 rings (SSSR count). The second-order valence-electron chi connectivity index (χ2n) is 7.35. The van der Waals surface area contributed by atoms with Gasteiger partial charge >= 0.3 is 0 Å². The van der Waals surface area contributed by atoms with Crippen molar-refractivity contribution in [3.63, 3.8) is 0 Å². The summed E-state index contributed by atoms with van der Waals surface area (Å²) in [6.45, 7) is 1.34. The van der Waals surface area contributed by atoms with Crippen molar-refractivity contribution >= 4 is 35.2 Å². The highest BCUT2D eigenvalue weighted by atomic mass is 35.5. The molecule has 1 fully saturated rings. The van der Waals surface area contributed by atoms with Gasteiger partial charge in [0.05, 0.1) is 12.3 Å². The Morgan fingerprint density at radius 3 is 2.47 bits per heavy atom. The van der Waals surface area contributed by atoms with Crippen LogP contribution in [0.2, 0.25) is 5.02 Å². The van der Waals surface area contributed by atoms with E-state index in [-0.39, 0.29) is 17.2 Å². The first-order valence-corrected chi connectivity index (χ1v) is 11.7. The number of carbonyl (C=O) groups excluding carboxylic acids is 2. The lowest BCUT2D eigenvalue weighted by Gasteiger charge is -2.24. The average molecular weight is 467 g/mol. The normalized spacial score (nSPS) is 15.6. The van der Waals surface area contributed by atoms with E-state index in [0.29, 0.717) is 36.0 Å². The lowest BCUT2D eigenvalue weighted by molar-refractivity contribution is -0.128. The van der Waals surface area contributed by atoms with Crippen LogP contribution in [-0.2, 0) is 11.3 Å². The van der Waals surface area contributed by atoms with Gasteiger partial charge in [0.1, 0.15) is 17.7 Å². The van der Waals surface area contributed by atoms with Gasteiger partial charge in [0.2, 0.25) is 5.91 Å². The molecule has 1 aliphatic rings. The molecule has 5 nitrogen and oxygen atoms in total. The van der Waals surface area contributed by atoms with Crippen LogP contribution in [-0.4, -0.2) is 35.6 Å². The van der Waals surface area contributed by atoms with Crippen molar-refractivity contribution in [3.05, 3.63) is 101 Å². The predicted octanol–water partition coefficient (Wildman–Crippen LogP) is 4.92. The van der Waals surface area contributed by atoms with Crippen LogP contribution in [0.25, 0.3) is 0 Å². The molecule has 32 heavy (non-hydrogen) atoms. The lowest BCUT2D eigenvalue weighted by Crippen LogP contribution is -2.28. The van der Waals surface area contributed by atoms with Gasteiger partial charge in [0.15, 0.2) is 0 Å². The van der Waals surface area contributed by atoms with Gasteiger partial charge in [-0.1, -0.05) is 54.1 Å². The molecule has 164 valence electrons. The Bertz CT molecular complexity index is 1060. The fourth-order valence-electron chi connectivity index (χ4n) is 3.44. The first-order chi connectivity index (χ1) is 15.6. The van der Waals surface area contributed by atoms with Gasteiger partial charge in [0.25, 0.3) is 5.91 Å². The molecule has 3 aromatic carbocycles. The number of hydrogen-bond donors (Lipinski definition) is 1. The summed E-state index contributed by atoms with van der Waals surface area (Å²) in [6.07, 6.45) is 0. The minimum atomic E-state index is -0.151. The molecular formula is C25H23ClN2O3S. The summed E-state index contributed by atoms with van der Waals surface area (Å²) < 4.78 is 5.59. The molecule has 7 heteroatoms. The van der Waals surface area contributed by atoms with Crippen molar-refractivity contribution < 1.29 is 14.3 Å². The number of halogens is 1. The van der Waals surface area contributed by atoms with Crippen molar-refractivity contribution in [2.45, 2.75) is 11.9 Å². The molecule has 1 heterocycles. The van der Waals surface area contributed by atoms with Crippen molar-refractivity contribution in [1.82, 2.24) is 10.2 Å². The summed E-state index contributed by atoms with van der Waals surface area (Å²) in [5, 5.41) is 3.47. The molecule has 0 spiro atoms. The number of nitrogens with zero attached hydrogens (tertiary/aromatic N) is 1. The van der Waals surface area contributed by atoms with Gasteiger partial charge in [0, 0.05) is 17.1 Å². The van der Waals surface area contributed by atoms with Crippen LogP contribution in [0.5, 0.6) is 5.75 Å². The molecule has 2 amide bonds. The first kappa shape index (κ1) is 22.2. The van der Waals surface area contributed by atoms with Crippen molar-refractivity contribution in [2.24, 2.45) is 0 Å². The maximum absolute atomic E-state index is 12.5. The molecule has 0 aromatic heterocycles. The predicted molar refractivity (Wildman–Crippen MR) is 128 cm³/mol. The van der Waals surface area contributed by atoms with E-state index >= 15 is 0 Å². The smallest absolute Gasteiger partial charge is 0.251 e. The maximum Gasteiger partial charge on any atom is 0.251 e. The quantitative estimate of drug-likeness (QED) is 0.478. The van der Waals surface area contributed by atoms with Crippen molar-refractivity contribution in [1.29, 1.82) is 0 Å². The fourth-order valence-corrected chi connectivity index (χ4v) is 4.75. The average Bonchev–Trinajstić information content (AvgIpc) is 3.19. The van der Waals surface area contributed by atoms with Crippen LogP contribution in [0.3, 0.4) is 0 Å². The monoisotopic (exact) mass is 466 g/mol. The van der Waals surface area contributed by atoms with E-state index in [0.717, 1.165) is 16.9 Å². The zero-order valence-corrected chi connectivity index (χ0v) is 18.9. The van der Waals surface area contributed by atoms with Crippen LogP contribution in [0.15, 0.2) is 78.9 Å². The number of amides is 2. The van der Waals surface area contributed by atoms with E-state index in [2.05, 4.69) is 5.32 Å². The van der Waals surface area contributed by atoms with E-state index in [9.17, 15) is 9.59 Å². The van der Waals surface area contributed by atoms with Crippen LogP contribution >= 0.6 is 23.4 Å². The molecule has 3 aromatic rings. The summed E-state index contributed by atoms with van der Waals surface area (Å²) in [5.41, 5.74) is 2.61. The Morgan fingerprint density at radius 2 is 1.75 bits per heavy atom. The van der Waals surface area contributed by atoms with Crippen molar-refractivity contribution in [2.75, 3.05) is 18.9 Å². The van der Waals surface area contributed by atoms with E-state index in [1.165, 1.54) is 0 Å². The molecule has 0 saturated carbocycles. The highest BCUT2D eigenvalue weighted by Gasteiger charge is 2.32. The number of ether oxygens (including phenoxy) is 1. The summed E-state index contributed by atoms with van der Waals surface area (Å²) in [5.74, 6) is 1.18. The maximum atomic E-state index is 12.5. The number of hydrogen-bond acceptors (Lipinski definition) is 4. The number of thioether (sulfide) groups is 1. The molecule has 0 unspecified atom stereocenters. The Kier molecular flexibility index (Phi) is 7.35. The van der Waals surface area contributed by atoms with Gasteiger partial charge in [-0.3, -0.25) is 9.59 Å². The van der Waals surface area contributed by atoms with E-state index in [1.54, 1.807) is 23.9 Å². The van der Waals surface area contributed by atoms with Gasteiger partial charge < -0.3 is 15.0 Å². The molecule has 1 atom stereocenters. The second-order valence-corrected chi connectivity index (χ2v) is 8.86. The number of carbonyl (C=O) groups is 2. The van der Waals surface area contributed by atoms with Crippen LogP contribution in [0.1, 0.15) is 26.9 Å². The van der Waals surface area contributed by atoms with Crippen LogP contribution < -0.4 is 10.1 Å². The molecule has 0 aliphatic carbocycles.